The predicted molar refractivity (Wildman–Crippen MR) is 79.9 cm³/mol. The third-order valence-electron chi connectivity index (χ3n) is 3.09. The summed E-state index contributed by atoms with van der Waals surface area (Å²) in [4.78, 5) is 8.63. The van der Waals surface area contributed by atoms with Gasteiger partial charge in [-0.2, -0.15) is 0 Å². The van der Waals surface area contributed by atoms with Crippen molar-refractivity contribution in [2.45, 2.75) is 32.9 Å². The average Bonchev–Trinajstić information content (AvgIpc) is 2.41. The topological polar surface area (TPSA) is 47.0 Å². The third-order valence-corrected chi connectivity index (χ3v) is 3.09. The lowest BCUT2D eigenvalue weighted by Crippen LogP contribution is -2.19. The van der Waals surface area contributed by atoms with E-state index in [0.717, 1.165) is 22.6 Å². The van der Waals surface area contributed by atoms with Crippen molar-refractivity contribution in [3.8, 4) is 5.75 Å². The van der Waals surface area contributed by atoms with Gasteiger partial charge in [0, 0.05) is 18.1 Å². The highest BCUT2D eigenvalue weighted by Gasteiger charge is 2.15. The van der Waals surface area contributed by atoms with Crippen molar-refractivity contribution in [3.63, 3.8) is 0 Å². The van der Waals surface area contributed by atoms with Gasteiger partial charge in [-0.3, -0.25) is 9.97 Å². The summed E-state index contributed by atoms with van der Waals surface area (Å²) in [6.45, 7) is 6.03. The number of hydrogen-bond donors (Lipinski definition) is 1. The second-order valence-corrected chi connectivity index (χ2v) is 5.02. The summed E-state index contributed by atoms with van der Waals surface area (Å²) < 4.78 is 5.71. The summed E-state index contributed by atoms with van der Waals surface area (Å²) in [5, 5.41) is 3.32. The van der Waals surface area contributed by atoms with E-state index in [4.69, 9.17) is 4.74 Å². The van der Waals surface area contributed by atoms with Gasteiger partial charge in [-0.05, 0) is 51.1 Å². The lowest BCUT2D eigenvalue weighted by atomic mass is 9.99. The zero-order chi connectivity index (χ0) is 14.5. The maximum Gasteiger partial charge on any atom is 0.138 e. The van der Waals surface area contributed by atoms with Crippen LogP contribution in [0.25, 0.3) is 0 Å². The Morgan fingerprint density at radius 1 is 1.25 bits per heavy atom. The maximum atomic E-state index is 5.71. The summed E-state index contributed by atoms with van der Waals surface area (Å²) in [5.41, 5.74) is 3.24. The Labute approximate surface area is 120 Å². The third kappa shape index (κ3) is 3.33. The van der Waals surface area contributed by atoms with Crippen molar-refractivity contribution in [2.75, 3.05) is 7.05 Å². The smallest absolute Gasteiger partial charge is 0.138 e. The van der Waals surface area contributed by atoms with Gasteiger partial charge in [-0.15, -0.1) is 0 Å². The van der Waals surface area contributed by atoms with Gasteiger partial charge >= 0.3 is 0 Å². The van der Waals surface area contributed by atoms with E-state index in [1.807, 2.05) is 52.3 Å². The minimum Gasteiger partial charge on any atom is -0.489 e. The van der Waals surface area contributed by atoms with Gasteiger partial charge in [0.05, 0.1) is 18.3 Å². The fourth-order valence-electron chi connectivity index (χ4n) is 2.23. The molecule has 1 unspecified atom stereocenters. The first-order valence-corrected chi connectivity index (χ1v) is 6.82. The van der Waals surface area contributed by atoms with Crippen LogP contribution >= 0.6 is 0 Å². The SMILES string of the molecule is CNC(c1cncc(OC(C)C)c1)c1cccnc1C. The van der Waals surface area contributed by atoms with Crippen LogP contribution in [-0.2, 0) is 0 Å². The number of aromatic nitrogens is 2. The van der Waals surface area contributed by atoms with Gasteiger partial charge in [0.2, 0.25) is 0 Å². The molecule has 4 nitrogen and oxygen atoms in total. The molecule has 4 heteroatoms. The molecule has 0 aliphatic carbocycles. The van der Waals surface area contributed by atoms with E-state index < -0.39 is 0 Å². The van der Waals surface area contributed by atoms with E-state index in [9.17, 15) is 0 Å². The van der Waals surface area contributed by atoms with Crippen molar-refractivity contribution in [2.24, 2.45) is 0 Å². The molecule has 20 heavy (non-hydrogen) atoms. The molecular weight excluding hydrogens is 250 g/mol. The largest absolute Gasteiger partial charge is 0.489 e. The van der Waals surface area contributed by atoms with Crippen molar-refractivity contribution in [3.05, 3.63) is 53.6 Å². The lowest BCUT2D eigenvalue weighted by Gasteiger charge is -2.19. The maximum absolute atomic E-state index is 5.71. The van der Waals surface area contributed by atoms with Crippen LogP contribution in [0.1, 0.15) is 36.7 Å². The highest BCUT2D eigenvalue weighted by Crippen LogP contribution is 2.25. The minimum absolute atomic E-state index is 0.0620. The molecule has 2 aromatic heterocycles. The molecule has 2 rings (SSSR count). The zero-order valence-corrected chi connectivity index (χ0v) is 12.4. The average molecular weight is 271 g/mol. The molecule has 1 N–H and O–H groups in total. The molecule has 0 amide bonds. The van der Waals surface area contributed by atoms with Gasteiger partial charge in [0.25, 0.3) is 0 Å². The van der Waals surface area contributed by atoms with Crippen LogP contribution in [0.4, 0.5) is 0 Å². The molecule has 1 atom stereocenters. The van der Waals surface area contributed by atoms with Crippen molar-refractivity contribution in [1.29, 1.82) is 0 Å². The van der Waals surface area contributed by atoms with Gasteiger partial charge in [-0.25, -0.2) is 0 Å². The van der Waals surface area contributed by atoms with Crippen molar-refractivity contribution in [1.82, 2.24) is 15.3 Å². The molecule has 0 radical (unpaired) electrons. The number of aryl methyl sites for hydroxylation is 1. The van der Waals surface area contributed by atoms with Crippen LogP contribution in [0.5, 0.6) is 5.75 Å². The quantitative estimate of drug-likeness (QED) is 0.908. The van der Waals surface area contributed by atoms with Crippen molar-refractivity contribution >= 4 is 0 Å². The number of ether oxygens (including phenoxy) is 1. The number of hydrogen-bond acceptors (Lipinski definition) is 4. The minimum atomic E-state index is 0.0620. The first-order valence-electron chi connectivity index (χ1n) is 6.82. The first-order chi connectivity index (χ1) is 9.61. The van der Waals surface area contributed by atoms with E-state index in [1.54, 1.807) is 6.20 Å². The van der Waals surface area contributed by atoms with E-state index in [2.05, 4.69) is 21.4 Å². The fourth-order valence-corrected chi connectivity index (χ4v) is 2.23. The summed E-state index contributed by atoms with van der Waals surface area (Å²) in [6, 6.07) is 6.13. The van der Waals surface area contributed by atoms with E-state index in [1.165, 1.54) is 0 Å². The summed E-state index contributed by atoms with van der Waals surface area (Å²) in [5.74, 6) is 0.791. The van der Waals surface area contributed by atoms with Crippen LogP contribution in [0.15, 0.2) is 36.8 Å². The molecular formula is C16H21N3O. The molecule has 0 bridgehead atoms. The van der Waals surface area contributed by atoms with Gasteiger partial charge < -0.3 is 10.1 Å². The monoisotopic (exact) mass is 271 g/mol. The van der Waals surface area contributed by atoms with Gasteiger partial charge in [0.15, 0.2) is 0 Å². The second kappa shape index (κ2) is 6.48. The highest BCUT2D eigenvalue weighted by molar-refractivity contribution is 5.35. The molecule has 106 valence electrons. The number of nitrogens with zero attached hydrogens (tertiary/aromatic N) is 2. The highest BCUT2D eigenvalue weighted by atomic mass is 16.5. The molecule has 0 aliphatic rings. The van der Waals surface area contributed by atoms with Gasteiger partial charge in [-0.1, -0.05) is 6.07 Å². The van der Waals surface area contributed by atoms with Crippen LogP contribution in [-0.4, -0.2) is 23.1 Å². The van der Waals surface area contributed by atoms with E-state index >= 15 is 0 Å². The summed E-state index contributed by atoms with van der Waals surface area (Å²) in [7, 11) is 1.94. The van der Waals surface area contributed by atoms with Crippen LogP contribution in [0.2, 0.25) is 0 Å². The van der Waals surface area contributed by atoms with E-state index in [-0.39, 0.29) is 12.1 Å². The molecule has 0 fully saturated rings. The number of nitrogens with one attached hydrogen (secondary N) is 1. The Morgan fingerprint density at radius 3 is 2.70 bits per heavy atom. The normalized spacial score (nSPS) is 12.4. The molecule has 0 saturated heterocycles. The Balaban J connectivity index is 2.35. The Bertz CT molecular complexity index is 569. The van der Waals surface area contributed by atoms with Crippen molar-refractivity contribution < 1.29 is 4.74 Å². The Morgan fingerprint density at radius 2 is 2.05 bits per heavy atom. The Hall–Kier alpha value is -1.94. The van der Waals surface area contributed by atoms with Crippen LogP contribution < -0.4 is 10.1 Å². The summed E-state index contributed by atoms with van der Waals surface area (Å²) in [6.07, 6.45) is 5.55. The molecule has 0 spiro atoms. The molecule has 2 aromatic rings. The second-order valence-electron chi connectivity index (χ2n) is 5.02. The number of pyridine rings is 2. The van der Waals surface area contributed by atoms with Gasteiger partial charge in [0.1, 0.15) is 5.75 Å². The lowest BCUT2D eigenvalue weighted by molar-refractivity contribution is 0.241. The standard InChI is InChI=1S/C16H21N3O/c1-11(2)20-14-8-13(9-18-10-14)16(17-4)15-6-5-7-19-12(15)3/h5-11,16-17H,1-4H3. The van der Waals surface area contributed by atoms with Crippen LogP contribution in [0, 0.1) is 6.92 Å². The fraction of sp³-hybridized carbons (Fsp3) is 0.375. The summed E-state index contributed by atoms with van der Waals surface area (Å²) >= 11 is 0. The molecule has 0 aliphatic heterocycles. The van der Waals surface area contributed by atoms with Crippen LogP contribution in [0.3, 0.4) is 0 Å². The van der Waals surface area contributed by atoms with E-state index in [0.29, 0.717) is 0 Å². The molecule has 0 saturated carbocycles. The number of rotatable bonds is 5. The Kier molecular flexibility index (Phi) is 4.69. The molecule has 0 aromatic carbocycles. The zero-order valence-electron chi connectivity index (χ0n) is 12.4. The first kappa shape index (κ1) is 14.5. The molecule has 2 heterocycles. The predicted octanol–water partition coefficient (Wildman–Crippen LogP) is 2.88.